The summed E-state index contributed by atoms with van der Waals surface area (Å²) in [5.74, 6) is 5.03. The third-order valence-electron chi connectivity index (χ3n) is 10.9. The molecule has 4 aliphatic carbocycles. The molecule has 4 fully saturated rings. The zero-order valence-electron chi connectivity index (χ0n) is 20.1. The summed E-state index contributed by atoms with van der Waals surface area (Å²) in [6.45, 7) is 13.7. The molecule has 0 spiro atoms. The minimum absolute atomic E-state index is 0.422. The molecule has 0 bridgehead atoms. The molecule has 0 aliphatic heterocycles. The van der Waals surface area contributed by atoms with Crippen molar-refractivity contribution in [2.45, 2.75) is 123 Å². The van der Waals surface area contributed by atoms with E-state index >= 15 is 0 Å². The van der Waals surface area contributed by atoms with Crippen molar-refractivity contribution >= 4 is 0 Å². The highest BCUT2D eigenvalue weighted by Gasteiger charge is 2.61. The Morgan fingerprint density at radius 3 is 2.28 bits per heavy atom. The number of hydrogen-bond donors (Lipinski definition) is 2. The summed E-state index contributed by atoms with van der Waals surface area (Å²) >= 11 is 0. The van der Waals surface area contributed by atoms with Gasteiger partial charge in [0.2, 0.25) is 0 Å². The minimum atomic E-state index is -0.528. The van der Waals surface area contributed by atoms with Crippen molar-refractivity contribution in [2.24, 2.45) is 46.3 Å². The van der Waals surface area contributed by atoms with Crippen LogP contribution in [0.4, 0.5) is 0 Å². The van der Waals surface area contributed by atoms with Crippen LogP contribution in [-0.2, 0) is 0 Å². The predicted molar refractivity (Wildman–Crippen MR) is 121 cm³/mol. The van der Waals surface area contributed by atoms with Crippen molar-refractivity contribution < 1.29 is 10.2 Å². The second-order valence-corrected chi connectivity index (χ2v) is 13.4. The topological polar surface area (TPSA) is 40.5 Å². The summed E-state index contributed by atoms with van der Waals surface area (Å²) in [6, 6.07) is 0. The predicted octanol–water partition coefficient (Wildman–Crippen LogP) is 6.58. The van der Waals surface area contributed by atoms with Gasteiger partial charge in [0.15, 0.2) is 0 Å². The molecule has 0 amide bonds. The molecule has 4 aliphatic rings. The van der Waals surface area contributed by atoms with E-state index in [1.807, 2.05) is 13.8 Å². The lowest BCUT2D eigenvalue weighted by atomic mass is 9.43. The summed E-state index contributed by atoms with van der Waals surface area (Å²) in [5, 5.41) is 20.9. The van der Waals surface area contributed by atoms with Crippen LogP contribution in [0.25, 0.3) is 0 Å². The van der Waals surface area contributed by atoms with Crippen molar-refractivity contribution in [3.8, 4) is 0 Å². The van der Waals surface area contributed by atoms with Crippen LogP contribution >= 0.6 is 0 Å². The highest BCUT2D eigenvalue weighted by molar-refractivity contribution is 5.10. The van der Waals surface area contributed by atoms with E-state index < -0.39 is 11.2 Å². The lowest BCUT2D eigenvalue weighted by molar-refractivity contribution is -0.148. The Morgan fingerprint density at radius 1 is 0.897 bits per heavy atom. The third kappa shape index (κ3) is 3.84. The SMILES string of the molecule is C[C@H](CCC(C)(C)O)[C@H]1CC[C@H]2[C@@H]3CC[C@H]4C[C@@](C)(O)CC[C@]4(C)[C@H]3CC[C@]12C. The van der Waals surface area contributed by atoms with E-state index in [0.29, 0.717) is 10.8 Å². The van der Waals surface area contributed by atoms with Gasteiger partial charge in [-0.05, 0) is 138 Å². The van der Waals surface area contributed by atoms with E-state index in [1.165, 1.54) is 51.4 Å². The van der Waals surface area contributed by atoms with Gasteiger partial charge in [-0.3, -0.25) is 0 Å². The average molecular weight is 405 g/mol. The van der Waals surface area contributed by atoms with Crippen LogP contribution in [0.2, 0.25) is 0 Å². The summed E-state index contributed by atoms with van der Waals surface area (Å²) < 4.78 is 0. The summed E-state index contributed by atoms with van der Waals surface area (Å²) in [5.41, 5.74) is 0.0369. The lowest BCUT2D eigenvalue weighted by Gasteiger charge is -2.62. The zero-order chi connectivity index (χ0) is 21.2. The molecule has 9 atom stereocenters. The second kappa shape index (κ2) is 7.22. The van der Waals surface area contributed by atoms with E-state index in [2.05, 4.69) is 27.7 Å². The van der Waals surface area contributed by atoms with Gasteiger partial charge in [0.05, 0.1) is 11.2 Å². The quantitative estimate of drug-likeness (QED) is 0.555. The number of aliphatic hydroxyl groups is 2. The van der Waals surface area contributed by atoms with Crippen LogP contribution in [0, 0.1) is 46.3 Å². The van der Waals surface area contributed by atoms with Crippen LogP contribution in [0.15, 0.2) is 0 Å². The molecule has 4 saturated carbocycles. The van der Waals surface area contributed by atoms with Gasteiger partial charge in [0, 0.05) is 0 Å². The summed E-state index contributed by atoms with van der Waals surface area (Å²) in [6.07, 6.45) is 13.8. The molecule has 2 heteroatoms. The highest BCUT2D eigenvalue weighted by Crippen LogP contribution is 2.68. The van der Waals surface area contributed by atoms with E-state index in [0.717, 1.165) is 54.8 Å². The molecule has 0 aromatic rings. The van der Waals surface area contributed by atoms with E-state index in [-0.39, 0.29) is 0 Å². The number of hydrogen-bond acceptors (Lipinski definition) is 2. The van der Waals surface area contributed by atoms with Crippen molar-refractivity contribution in [3.63, 3.8) is 0 Å². The fraction of sp³-hybridized carbons (Fsp3) is 1.00. The molecule has 0 saturated heterocycles. The van der Waals surface area contributed by atoms with Gasteiger partial charge in [0.1, 0.15) is 0 Å². The fourth-order valence-electron chi connectivity index (χ4n) is 9.19. The molecule has 0 unspecified atom stereocenters. The third-order valence-corrected chi connectivity index (χ3v) is 10.9. The Hall–Kier alpha value is -0.0800. The largest absolute Gasteiger partial charge is 0.390 e. The maximum Gasteiger partial charge on any atom is 0.0622 e. The molecular weight excluding hydrogens is 356 g/mol. The molecule has 0 aromatic carbocycles. The molecular formula is C27H48O2. The van der Waals surface area contributed by atoms with Crippen LogP contribution in [0.3, 0.4) is 0 Å². The molecule has 4 rings (SSSR count). The first-order valence-corrected chi connectivity index (χ1v) is 12.8. The summed E-state index contributed by atoms with van der Waals surface area (Å²) in [4.78, 5) is 0. The molecule has 0 radical (unpaired) electrons. The molecule has 168 valence electrons. The Morgan fingerprint density at radius 2 is 1.59 bits per heavy atom. The smallest absolute Gasteiger partial charge is 0.0622 e. The minimum Gasteiger partial charge on any atom is -0.390 e. The number of fused-ring (bicyclic) bond motifs is 5. The fourth-order valence-corrected chi connectivity index (χ4v) is 9.19. The van der Waals surface area contributed by atoms with Crippen LogP contribution in [0.1, 0.15) is 112 Å². The van der Waals surface area contributed by atoms with Gasteiger partial charge >= 0.3 is 0 Å². The number of rotatable bonds is 4. The van der Waals surface area contributed by atoms with Crippen LogP contribution in [0.5, 0.6) is 0 Å². The molecule has 0 heterocycles. The maximum absolute atomic E-state index is 10.7. The normalized spacial score (nSPS) is 51.1. The standard InChI is InChI=1S/C27H48O2/c1-18(11-13-24(2,3)28)21-9-10-22-20-8-7-19-17-25(4,29)15-16-26(19,5)23(20)12-14-27(21,22)6/h18-23,28-29H,7-17H2,1-6H3/t18-,19+,20+,21-,22+,23+,25+,26+,27-/m1/s1. The Bertz CT molecular complexity index is 604. The maximum atomic E-state index is 10.7. The molecule has 2 nitrogen and oxygen atoms in total. The van der Waals surface area contributed by atoms with Crippen molar-refractivity contribution in [1.82, 2.24) is 0 Å². The van der Waals surface area contributed by atoms with Gasteiger partial charge in [-0.1, -0.05) is 20.8 Å². The second-order valence-electron chi connectivity index (χ2n) is 13.4. The van der Waals surface area contributed by atoms with Crippen molar-refractivity contribution in [1.29, 1.82) is 0 Å². The van der Waals surface area contributed by atoms with Gasteiger partial charge in [0.25, 0.3) is 0 Å². The van der Waals surface area contributed by atoms with Gasteiger partial charge in [-0.25, -0.2) is 0 Å². The van der Waals surface area contributed by atoms with E-state index in [4.69, 9.17) is 0 Å². The van der Waals surface area contributed by atoms with E-state index in [1.54, 1.807) is 0 Å². The van der Waals surface area contributed by atoms with Crippen molar-refractivity contribution in [3.05, 3.63) is 0 Å². The molecule has 2 N–H and O–H groups in total. The Balaban J connectivity index is 1.49. The Kier molecular flexibility index (Phi) is 5.51. The van der Waals surface area contributed by atoms with Crippen LogP contribution in [-0.4, -0.2) is 21.4 Å². The lowest BCUT2D eigenvalue weighted by Crippen LogP contribution is -2.55. The highest BCUT2D eigenvalue weighted by atomic mass is 16.3. The first-order valence-electron chi connectivity index (χ1n) is 12.8. The van der Waals surface area contributed by atoms with Gasteiger partial charge in [-0.2, -0.15) is 0 Å². The van der Waals surface area contributed by atoms with E-state index in [9.17, 15) is 10.2 Å². The van der Waals surface area contributed by atoms with Crippen LogP contribution < -0.4 is 0 Å². The first kappa shape index (κ1) is 22.1. The van der Waals surface area contributed by atoms with Crippen molar-refractivity contribution in [2.75, 3.05) is 0 Å². The van der Waals surface area contributed by atoms with Gasteiger partial charge in [-0.15, -0.1) is 0 Å². The first-order chi connectivity index (χ1) is 13.4. The zero-order valence-corrected chi connectivity index (χ0v) is 20.1. The monoisotopic (exact) mass is 404 g/mol. The Labute approximate surface area is 180 Å². The summed E-state index contributed by atoms with van der Waals surface area (Å²) in [7, 11) is 0. The molecule has 0 aromatic heterocycles. The molecule has 29 heavy (non-hydrogen) atoms. The van der Waals surface area contributed by atoms with Gasteiger partial charge < -0.3 is 10.2 Å². The average Bonchev–Trinajstić information content (AvgIpc) is 2.97.